The van der Waals surface area contributed by atoms with Crippen LogP contribution in [0, 0.1) is 0 Å². The van der Waals surface area contributed by atoms with Crippen molar-refractivity contribution in [2.45, 2.75) is 6.04 Å². The first kappa shape index (κ1) is 9.47. The van der Waals surface area contributed by atoms with Gasteiger partial charge in [0.1, 0.15) is 17.5 Å². The molecule has 0 aliphatic carbocycles. The van der Waals surface area contributed by atoms with Crippen LogP contribution in [-0.2, 0) is 4.79 Å². The highest BCUT2D eigenvalue weighted by molar-refractivity contribution is 6.05. The third-order valence-electron chi connectivity index (χ3n) is 3.11. The molecule has 1 unspecified atom stereocenters. The zero-order valence-electron chi connectivity index (χ0n) is 8.73. The number of phenolic OH excluding ortho intramolecular Hbond substituents is 1. The van der Waals surface area contributed by atoms with E-state index in [1.54, 1.807) is 12.1 Å². The molecule has 0 saturated carbocycles. The van der Waals surface area contributed by atoms with Crippen molar-refractivity contribution in [2.24, 2.45) is 0 Å². The van der Waals surface area contributed by atoms with Crippen molar-refractivity contribution in [3.05, 3.63) is 18.2 Å². The Morgan fingerprint density at radius 1 is 1.44 bits per heavy atom. The zero-order chi connectivity index (χ0) is 11.1. The minimum Gasteiger partial charge on any atom is -0.506 e. The molecule has 2 aliphatic rings. The molecule has 3 N–H and O–H groups in total. The second-order valence-corrected chi connectivity index (χ2v) is 4.08. The second-order valence-electron chi connectivity index (χ2n) is 4.08. The summed E-state index contributed by atoms with van der Waals surface area (Å²) < 4.78 is 0. The number of phenols is 1. The smallest absolute Gasteiger partial charge is 0.248 e. The molecule has 16 heavy (non-hydrogen) atoms. The number of benzene rings is 1. The average Bonchev–Trinajstić information content (AvgIpc) is 2.29. The van der Waals surface area contributed by atoms with Crippen LogP contribution in [0.2, 0.25) is 0 Å². The van der Waals surface area contributed by atoms with Crippen LogP contribution in [0.1, 0.15) is 0 Å². The normalized spacial score (nSPS) is 23.4. The Morgan fingerprint density at radius 3 is 3.19 bits per heavy atom. The molecule has 3 rings (SSSR count). The Morgan fingerprint density at radius 2 is 2.31 bits per heavy atom. The van der Waals surface area contributed by atoms with Gasteiger partial charge in [-0.2, -0.15) is 0 Å². The summed E-state index contributed by atoms with van der Waals surface area (Å²) in [5.74, 6) is 0.217. The van der Waals surface area contributed by atoms with Crippen LogP contribution in [0.15, 0.2) is 18.2 Å². The predicted octanol–water partition coefficient (Wildman–Crippen LogP) is 0.122. The highest BCUT2D eigenvalue weighted by atomic mass is 16.3. The topological polar surface area (TPSA) is 64.6 Å². The summed E-state index contributed by atoms with van der Waals surface area (Å²) in [7, 11) is 0. The van der Waals surface area contributed by atoms with Gasteiger partial charge in [0.05, 0.1) is 5.69 Å². The first-order valence-corrected chi connectivity index (χ1v) is 5.37. The molecule has 0 spiro atoms. The summed E-state index contributed by atoms with van der Waals surface area (Å²) >= 11 is 0. The largest absolute Gasteiger partial charge is 0.506 e. The van der Waals surface area contributed by atoms with Gasteiger partial charge in [-0.05, 0) is 12.1 Å². The van der Waals surface area contributed by atoms with E-state index >= 15 is 0 Å². The number of carbonyl (C=O) groups excluding carboxylic acids is 1. The minimum atomic E-state index is -0.213. The summed E-state index contributed by atoms with van der Waals surface area (Å²) in [6.45, 7) is 2.19. The lowest BCUT2D eigenvalue weighted by atomic mass is 10.1. The molecule has 1 aromatic carbocycles. The Hall–Kier alpha value is -1.75. The summed E-state index contributed by atoms with van der Waals surface area (Å²) in [6.07, 6.45) is 0. The monoisotopic (exact) mass is 219 g/mol. The second kappa shape index (κ2) is 3.38. The molecule has 2 heterocycles. The van der Waals surface area contributed by atoms with Crippen LogP contribution < -0.4 is 15.5 Å². The number of nitrogens with one attached hydrogen (secondary N) is 2. The molecule has 1 fully saturated rings. The standard InChI is InChI=1S/C11H13N3O2/c15-9-3-1-2-7-10(9)14-5-4-12-6-8(14)11(16)13-7/h1-3,8,12,15H,4-6H2,(H,13,16). The van der Waals surface area contributed by atoms with Gasteiger partial charge in [0.25, 0.3) is 0 Å². The van der Waals surface area contributed by atoms with Crippen molar-refractivity contribution in [2.75, 3.05) is 29.9 Å². The van der Waals surface area contributed by atoms with Crippen molar-refractivity contribution in [1.29, 1.82) is 0 Å². The minimum absolute atomic E-state index is 0.00898. The average molecular weight is 219 g/mol. The molecule has 84 valence electrons. The first-order valence-electron chi connectivity index (χ1n) is 5.37. The molecular formula is C11H13N3O2. The van der Waals surface area contributed by atoms with Crippen molar-refractivity contribution < 1.29 is 9.90 Å². The number of para-hydroxylation sites is 1. The van der Waals surface area contributed by atoms with Crippen LogP contribution in [0.4, 0.5) is 11.4 Å². The molecule has 1 saturated heterocycles. The highest BCUT2D eigenvalue weighted by Gasteiger charge is 2.35. The number of aromatic hydroxyl groups is 1. The SMILES string of the molecule is O=C1Nc2cccc(O)c2N2CCNCC12. The maximum absolute atomic E-state index is 11.8. The Labute approximate surface area is 93.1 Å². The van der Waals surface area contributed by atoms with Gasteiger partial charge in [-0.25, -0.2) is 0 Å². The molecule has 0 aromatic heterocycles. The number of hydrogen-bond donors (Lipinski definition) is 3. The van der Waals surface area contributed by atoms with Gasteiger partial charge >= 0.3 is 0 Å². The summed E-state index contributed by atoms with van der Waals surface area (Å²) in [4.78, 5) is 13.8. The van der Waals surface area contributed by atoms with Gasteiger partial charge in [-0.3, -0.25) is 4.79 Å². The molecule has 5 nitrogen and oxygen atoms in total. The predicted molar refractivity (Wildman–Crippen MR) is 60.7 cm³/mol. The third-order valence-corrected chi connectivity index (χ3v) is 3.11. The molecule has 1 atom stereocenters. The number of amides is 1. The van der Waals surface area contributed by atoms with Crippen molar-refractivity contribution >= 4 is 17.3 Å². The molecule has 1 aromatic rings. The number of piperazine rings is 1. The van der Waals surface area contributed by atoms with Crippen molar-refractivity contribution in [3.8, 4) is 5.75 Å². The summed E-state index contributed by atoms with van der Waals surface area (Å²) in [5, 5.41) is 15.9. The van der Waals surface area contributed by atoms with Crippen LogP contribution in [0.3, 0.4) is 0 Å². The molecular weight excluding hydrogens is 206 g/mol. The first-order chi connectivity index (χ1) is 7.77. The molecule has 5 heteroatoms. The Kier molecular flexibility index (Phi) is 2.00. The lowest BCUT2D eigenvalue weighted by Gasteiger charge is -2.41. The van der Waals surface area contributed by atoms with E-state index in [2.05, 4.69) is 10.6 Å². The quantitative estimate of drug-likeness (QED) is 0.580. The van der Waals surface area contributed by atoms with E-state index in [-0.39, 0.29) is 17.7 Å². The van der Waals surface area contributed by atoms with E-state index in [4.69, 9.17) is 0 Å². The molecule has 0 bridgehead atoms. The summed E-state index contributed by atoms with van der Waals surface area (Å²) in [6, 6.07) is 4.98. The van der Waals surface area contributed by atoms with E-state index in [0.29, 0.717) is 12.2 Å². The fourth-order valence-electron chi connectivity index (χ4n) is 2.36. The van der Waals surface area contributed by atoms with Crippen LogP contribution in [0.5, 0.6) is 5.75 Å². The van der Waals surface area contributed by atoms with Gasteiger partial charge in [0.2, 0.25) is 5.91 Å². The van der Waals surface area contributed by atoms with Crippen LogP contribution >= 0.6 is 0 Å². The van der Waals surface area contributed by atoms with Crippen LogP contribution in [-0.4, -0.2) is 36.7 Å². The maximum atomic E-state index is 11.8. The van der Waals surface area contributed by atoms with Crippen LogP contribution in [0.25, 0.3) is 0 Å². The van der Waals surface area contributed by atoms with Crippen molar-refractivity contribution in [1.82, 2.24) is 5.32 Å². The van der Waals surface area contributed by atoms with E-state index in [0.717, 1.165) is 18.8 Å². The number of nitrogens with zero attached hydrogens (tertiary/aromatic N) is 1. The fourth-order valence-corrected chi connectivity index (χ4v) is 2.36. The highest BCUT2D eigenvalue weighted by Crippen LogP contribution is 2.39. The molecule has 2 aliphatic heterocycles. The number of anilines is 2. The zero-order valence-corrected chi connectivity index (χ0v) is 8.73. The lowest BCUT2D eigenvalue weighted by Crippen LogP contribution is -2.58. The van der Waals surface area contributed by atoms with Gasteiger partial charge in [0.15, 0.2) is 0 Å². The molecule has 0 radical (unpaired) electrons. The number of fused-ring (bicyclic) bond motifs is 3. The molecule has 1 amide bonds. The van der Waals surface area contributed by atoms with Gasteiger partial charge in [0, 0.05) is 19.6 Å². The van der Waals surface area contributed by atoms with E-state index in [9.17, 15) is 9.90 Å². The fraction of sp³-hybridized carbons (Fsp3) is 0.364. The number of carbonyl (C=O) groups is 1. The Bertz CT molecular complexity index is 447. The van der Waals surface area contributed by atoms with Crippen molar-refractivity contribution in [3.63, 3.8) is 0 Å². The van der Waals surface area contributed by atoms with E-state index in [1.165, 1.54) is 0 Å². The van der Waals surface area contributed by atoms with E-state index in [1.807, 2.05) is 11.0 Å². The lowest BCUT2D eigenvalue weighted by molar-refractivity contribution is -0.117. The summed E-state index contributed by atoms with van der Waals surface area (Å²) in [5.41, 5.74) is 1.44. The maximum Gasteiger partial charge on any atom is 0.248 e. The van der Waals surface area contributed by atoms with E-state index < -0.39 is 0 Å². The van der Waals surface area contributed by atoms with Gasteiger partial charge in [-0.1, -0.05) is 6.07 Å². The van der Waals surface area contributed by atoms with Gasteiger partial charge in [-0.15, -0.1) is 0 Å². The van der Waals surface area contributed by atoms with Gasteiger partial charge < -0.3 is 20.6 Å². The number of rotatable bonds is 0. The Balaban J connectivity index is 2.11. The third kappa shape index (κ3) is 1.25. The number of hydrogen-bond acceptors (Lipinski definition) is 4.